The molecule has 94 valence electrons. The van der Waals surface area contributed by atoms with Crippen LogP contribution in [0.4, 0.5) is 0 Å². The van der Waals surface area contributed by atoms with Gasteiger partial charge in [-0.3, -0.25) is 9.59 Å². The number of aromatic amines is 1. The molecule has 5 nitrogen and oxygen atoms in total. The van der Waals surface area contributed by atoms with Gasteiger partial charge in [-0.25, -0.2) is 0 Å². The van der Waals surface area contributed by atoms with E-state index in [-0.39, 0.29) is 17.2 Å². The molecule has 0 atom stereocenters. The number of carbonyl (C=O) groups is 1. The van der Waals surface area contributed by atoms with Gasteiger partial charge < -0.3 is 15.4 Å². The molecule has 1 aromatic rings. The van der Waals surface area contributed by atoms with Crippen molar-refractivity contribution in [3.8, 4) is 0 Å². The van der Waals surface area contributed by atoms with Crippen molar-refractivity contribution in [2.24, 2.45) is 0 Å². The van der Waals surface area contributed by atoms with Crippen molar-refractivity contribution < 1.29 is 9.90 Å². The van der Waals surface area contributed by atoms with Crippen LogP contribution in [-0.4, -0.2) is 21.6 Å². The highest BCUT2D eigenvalue weighted by Crippen LogP contribution is 2.32. The Morgan fingerprint density at radius 1 is 1.53 bits per heavy atom. The van der Waals surface area contributed by atoms with Crippen LogP contribution < -0.4 is 10.2 Å². The summed E-state index contributed by atoms with van der Waals surface area (Å²) >= 11 is 1.08. The second-order valence-electron chi connectivity index (χ2n) is 4.56. The molecule has 1 aliphatic rings. The first-order valence-electron chi connectivity index (χ1n) is 5.73. The number of amides is 1. The Bertz CT molecular complexity index is 446. The molecule has 3 N–H and O–H groups in total. The molecule has 1 fully saturated rings. The molecule has 1 aromatic heterocycles. The third kappa shape index (κ3) is 3.41. The molecule has 0 unspecified atom stereocenters. The summed E-state index contributed by atoms with van der Waals surface area (Å²) in [5, 5.41) is 14.4. The summed E-state index contributed by atoms with van der Waals surface area (Å²) in [4.78, 5) is 25.0. The van der Waals surface area contributed by atoms with Gasteiger partial charge in [0, 0.05) is 11.1 Å². The maximum atomic E-state index is 11.6. The van der Waals surface area contributed by atoms with Gasteiger partial charge in [0.15, 0.2) is 0 Å². The number of H-pyrrole nitrogens is 1. The van der Waals surface area contributed by atoms with E-state index >= 15 is 0 Å². The number of aromatic nitrogens is 1. The summed E-state index contributed by atoms with van der Waals surface area (Å²) in [6, 6.07) is 0. The van der Waals surface area contributed by atoms with E-state index in [2.05, 4.69) is 10.3 Å². The molecule has 0 aliphatic heterocycles. The average Bonchev–Trinajstić information content (AvgIpc) is 2.85. The SMILES string of the molecule is O=C(CC1(O)CCCC1)NCc1csc(=O)[nH]1. The molecule has 1 saturated carbocycles. The minimum Gasteiger partial charge on any atom is -0.389 e. The quantitative estimate of drug-likeness (QED) is 0.743. The fraction of sp³-hybridized carbons (Fsp3) is 0.636. The first kappa shape index (κ1) is 12.3. The highest BCUT2D eigenvalue weighted by Gasteiger charge is 2.33. The van der Waals surface area contributed by atoms with Gasteiger partial charge in [-0.1, -0.05) is 24.2 Å². The van der Waals surface area contributed by atoms with E-state index < -0.39 is 5.60 Å². The fourth-order valence-corrected chi connectivity index (χ4v) is 2.75. The lowest BCUT2D eigenvalue weighted by Gasteiger charge is -2.20. The monoisotopic (exact) mass is 256 g/mol. The molecular weight excluding hydrogens is 240 g/mol. The van der Waals surface area contributed by atoms with E-state index in [9.17, 15) is 14.7 Å². The van der Waals surface area contributed by atoms with Gasteiger partial charge in [-0.05, 0) is 12.8 Å². The Kier molecular flexibility index (Phi) is 3.63. The van der Waals surface area contributed by atoms with Crippen molar-refractivity contribution in [3.05, 3.63) is 20.7 Å². The van der Waals surface area contributed by atoms with Crippen LogP contribution >= 0.6 is 11.3 Å². The van der Waals surface area contributed by atoms with Crippen LogP contribution in [0.3, 0.4) is 0 Å². The third-order valence-electron chi connectivity index (χ3n) is 3.07. The zero-order valence-corrected chi connectivity index (χ0v) is 10.3. The molecule has 1 heterocycles. The van der Waals surface area contributed by atoms with E-state index in [1.807, 2.05) is 0 Å². The van der Waals surface area contributed by atoms with Crippen molar-refractivity contribution in [2.75, 3.05) is 0 Å². The van der Waals surface area contributed by atoms with Gasteiger partial charge in [0.05, 0.1) is 18.6 Å². The molecule has 0 spiro atoms. The van der Waals surface area contributed by atoms with E-state index in [1.165, 1.54) is 0 Å². The van der Waals surface area contributed by atoms with Gasteiger partial charge in [0.1, 0.15) is 0 Å². The third-order valence-corrected chi connectivity index (χ3v) is 3.79. The zero-order valence-electron chi connectivity index (χ0n) is 9.49. The average molecular weight is 256 g/mol. The fourth-order valence-electron chi connectivity index (χ4n) is 2.17. The Balaban J connectivity index is 1.79. The number of rotatable bonds is 4. The van der Waals surface area contributed by atoms with Gasteiger partial charge in [-0.15, -0.1) is 0 Å². The van der Waals surface area contributed by atoms with E-state index in [0.29, 0.717) is 25.1 Å². The maximum absolute atomic E-state index is 11.6. The summed E-state index contributed by atoms with van der Waals surface area (Å²) in [6.07, 6.45) is 3.54. The Morgan fingerprint density at radius 3 is 2.82 bits per heavy atom. The second kappa shape index (κ2) is 5.01. The predicted molar refractivity (Wildman–Crippen MR) is 64.8 cm³/mol. The largest absolute Gasteiger partial charge is 0.389 e. The van der Waals surface area contributed by atoms with Crippen LogP contribution in [0.15, 0.2) is 10.2 Å². The van der Waals surface area contributed by atoms with Crippen molar-refractivity contribution >= 4 is 17.2 Å². The first-order valence-corrected chi connectivity index (χ1v) is 6.61. The van der Waals surface area contributed by atoms with Crippen LogP contribution in [0.5, 0.6) is 0 Å². The Morgan fingerprint density at radius 2 is 2.24 bits per heavy atom. The molecule has 0 saturated heterocycles. The molecule has 0 aromatic carbocycles. The topological polar surface area (TPSA) is 82.2 Å². The molecule has 1 amide bonds. The number of aliphatic hydroxyl groups is 1. The van der Waals surface area contributed by atoms with Crippen LogP contribution in [-0.2, 0) is 11.3 Å². The van der Waals surface area contributed by atoms with Crippen molar-refractivity contribution in [1.29, 1.82) is 0 Å². The Labute approximate surface area is 103 Å². The summed E-state index contributed by atoms with van der Waals surface area (Å²) in [7, 11) is 0. The van der Waals surface area contributed by atoms with Crippen LogP contribution in [0.1, 0.15) is 37.8 Å². The summed E-state index contributed by atoms with van der Waals surface area (Å²) in [5.41, 5.74) is -0.113. The molecular formula is C11H16N2O3S. The van der Waals surface area contributed by atoms with Crippen molar-refractivity contribution in [3.63, 3.8) is 0 Å². The second-order valence-corrected chi connectivity index (χ2v) is 5.40. The molecule has 0 radical (unpaired) electrons. The number of hydrogen-bond donors (Lipinski definition) is 3. The number of thiazole rings is 1. The van der Waals surface area contributed by atoms with E-state index in [4.69, 9.17) is 0 Å². The lowest BCUT2D eigenvalue weighted by molar-refractivity contribution is -0.126. The van der Waals surface area contributed by atoms with Crippen molar-refractivity contribution in [1.82, 2.24) is 10.3 Å². The molecule has 17 heavy (non-hydrogen) atoms. The number of nitrogens with one attached hydrogen (secondary N) is 2. The van der Waals surface area contributed by atoms with Crippen LogP contribution in [0.25, 0.3) is 0 Å². The van der Waals surface area contributed by atoms with Gasteiger partial charge >= 0.3 is 4.87 Å². The summed E-state index contributed by atoms with van der Waals surface area (Å²) < 4.78 is 0. The summed E-state index contributed by atoms with van der Waals surface area (Å²) in [5.74, 6) is -0.165. The number of hydrogen-bond acceptors (Lipinski definition) is 4. The highest BCUT2D eigenvalue weighted by atomic mass is 32.1. The standard InChI is InChI=1S/C11H16N2O3S/c14-9(5-11(16)3-1-2-4-11)12-6-8-7-17-10(15)13-8/h7,16H,1-6H2,(H,12,14)(H,13,15). The van der Waals surface area contributed by atoms with E-state index in [1.54, 1.807) is 5.38 Å². The predicted octanol–water partition coefficient (Wildman–Crippen LogP) is 0.748. The summed E-state index contributed by atoms with van der Waals surface area (Å²) in [6.45, 7) is 0.313. The van der Waals surface area contributed by atoms with E-state index in [0.717, 1.165) is 24.2 Å². The number of carbonyl (C=O) groups excluding carboxylic acids is 1. The lowest BCUT2D eigenvalue weighted by Crippen LogP contribution is -2.34. The first-order chi connectivity index (χ1) is 8.07. The van der Waals surface area contributed by atoms with Gasteiger partial charge in [0.2, 0.25) is 5.91 Å². The van der Waals surface area contributed by atoms with Crippen LogP contribution in [0, 0.1) is 0 Å². The normalized spacial score (nSPS) is 18.2. The highest BCUT2D eigenvalue weighted by molar-refractivity contribution is 7.07. The van der Waals surface area contributed by atoms with Gasteiger partial charge in [-0.2, -0.15) is 0 Å². The lowest BCUT2D eigenvalue weighted by atomic mass is 9.98. The molecule has 0 bridgehead atoms. The Hall–Kier alpha value is -1.14. The smallest absolute Gasteiger partial charge is 0.304 e. The minimum absolute atomic E-state index is 0.122. The minimum atomic E-state index is -0.813. The molecule has 2 rings (SSSR count). The molecule has 6 heteroatoms. The zero-order chi connectivity index (χ0) is 12.3. The maximum Gasteiger partial charge on any atom is 0.304 e. The van der Waals surface area contributed by atoms with Gasteiger partial charge in [0.25, 0.3) is 0 Å². The molecule has 1 aliphatic carbocycles. The van der Waals surface area contributed by atoms with Crippen molar-refractivity contribution in [2.45, 2.75) is 44.2 Å². The van der Waals surface area contributed by atoms with Crippen LogP contribution in [0.2, 0.25) is 0 Å².